The van der Waals surface area contributed by atoms with Gasteiger partial charge < -0.3 is 8.98 Å². The highest BCUT2D eigenvalue weighted by molar-refractivity contribution is 6.11. The number of fused-ring (bicyclic) bond motifs is 6. The average Bonchev–Trinajstić information content (AvgIpc) is 3.73. The van der Waals surface area contributed by atoms with E-state index in [9.17, 15) is 0 Å². The van der Waals surface area contributed by atoms with Crippen LogP contribution in [0.15, 0.2) is 175 Å². The smallest absolute Gasteiger partial charge is 0.164 e. The molecular weight excluding hydrogens is 625 g/mol. The summed E-state index contributed by atoms with van der Waals surface area (Å²) < 4.78 is 8.69. The number of rotatable bonds is 7. The Morgan fingerprint density at radius 3 is 1.88 bits per heavy atom. The normalized spacial score (nSPS) is 12.1. The molecule has 3 heterocycles. The molecule has 9 rings (SSSR count). The van der Waals surface area contributed by atoms with Gasteiger partial charge in [-0.1, -0.05) is 110 Å². The summed E-state index contributed by atoms with van der Waals surface area (Å²) in [5.41, 5.74) is 10.1. The quantitative estimate of drug-likeness (QED) is 0.160. The number of para-hydroxylation sites is 2. The molecule has 5 nitrogen and oxygen atoms in total. The standard InChI is InChI=1S/C46H32N4O/c1-3-13-30(14-4-2)44-47-45(31-15-7-5-8-16-31)49-46(48-44)34-23-26-43-39(29-34)38-28-33(22-25-42(38)51-43)32-21-24-41-37(27-32)36-19-11-12-20-40(36)50(41)35-17-9-6-10-18-35/h3-29H,1H2,2H3. The molecule has 0 spiro atoms. The van der Waals surface area contributed by atoms with Gasteiger partial charge in [-0.3, -0.25) is 0 Å². The number of furan rings is 1. The molecule has 0 N–H and O–H groups in total. The molecule has 0 aliphatic rings. The molecule has 0 bridgehead atoms. The van der Waals surface area contributed by atoms with E-state index in [-0.39, 0.29) is 0 Å². The van der Waals surface area contributed by atoms with E-state index in [1.165, 1.54) is 21.8 Å². The van der Waals surface area contributed by atoms with Gasteiger partial charge in [-0.15, -0.1) is 0 Å². The fraction of sp³-hybridized carbons (Fsp3) is 0.0217. The minimum absolute atomic E-state index is 0.584. The van der Waals surface area contributed by atoms with Crippen LogP contribution in [0.1, 0.15) is 12.7 Å². The van der Waals surface area contributed by atoms with Crippen molar-refractivity contribution < 1.29 is 4.42 Å². The Morgan fingerprint density at radius 2 is 1.16 bits per heavy atom. The Labute approximate surface area is 295 Å². The second-order valence-electron chi connectivity index (χ2n) is 12.5. The van der Waals surface area contributed by atoms with Crippen LogP contribution in [0.5, 0.6) is 0 Å². The first kappa shape index (κ1) is 30.2. The predicted octanol–water partition coefficient (Wildman–Crippen LogP) is 12.0. The van der Waals surface area contributed by atoms with Crippen molar-refractivity contribution in [2.45, 2.75) is 6.92 Å². The van der Waals surface area contributed by atoms with Gasteiger partial charge in [-0.25, -0.2) is 15.0 Å². The minimum Gasteiger partial charge on any atom is -0.456 e. The Kier molecular flexibility index (Phi) is 7.44. The number of nitrogens with zero attached hydrogens (tertiary/aromatic N) is 4. The minimum atomic E-state index is 0.584. The van der Waals surface area contributed by atoms with Crippen molar-refractivity contribution in [1.82, 2.24) is 19.5 Å². The van der Waals surface area contributed by atoms with E-state index in [1.54, 1.807) is 6.08 Å². The summed E-state index contributed by atoms with van der Waals surface area (Å²) in [6, 6.07) is 48.5. The molecule has 5 heteroatoms. The molecule has 0 saturated heterocycles. The molecule has 0 fully saturated rings. The van der Waals surface area contributed by atoms with Crippen molar-refractivity contribution in [2.75, 3.05) is 0 Å². The summed E-state index contributed by atoms with van der Waals surface area (Å²) in [6.45, 7) is 5.88. The fourth-order valence-corrected chi connectivity index (χ4v) is 6.97. The first-order valence-electron chi connectivity index (χ1n) is 17.0. The van der Waals surface area contributed by atoms with Crippen LogP contribution in [0, 0.1) is 0 Å². The highest BCUT2D eigenvalue weighted by atomic mass is 16.3. The Morgan fingerprint density at radius 1 is 0.569 bits per heavy atom. The molecule has 6 aromatic carbocycles. The topological polar surface area (TPSA) is 56.7 Å². The van der Waals surface area contributed by atoms with Crippen LogP contribution >= 0.6 is 0 Å². The van der Waals surface area contributed by atoms with Crippen LogP contribution in [0.25, 0.3) is 88.9 Å². The highest BCUT2D eigenvalue weighted by Crippen LogP contribution is 2.38. The van der Waals surface area contributed by atoms with Crippen molar-refractivity contribution in [3.8, 4) is 39.6 Å². The molecular formula is C46H32N4O. The van der Waals surface area contributed by atoms with E-state index in [0.29, 0.717) is 17.5 Å². The molecule has 0 saturated carbocycles. The number of hydrogen-bond donors (Lipinski definition) is 0. The summed E-state index contributed by atoms with van der Waals surface area (Å²) in [7, 11) is 0. The molecule has 242 valence electrons. The fourth-order valence-electron chi connectivity index (χ4n) is 6.97. The lowest BCUT2D eigenvalue weighted by Crippen LogP contribution is -2.02. The van der Waals surface area contributed by atoms with Crippen molar-refractivity contribution in [2.24, 2.45) is 0 Å². The monoisotopic (exact) mass is 656 g/mol. The van der Waals surface area contributed by atoms with Crippen LogP contribution in [-0.4, -0.2) is 19.5 Å². The van der Waals surface area contributed by atoms with Crippen LogP contribution < -0.4 is 0 Å². The van der Waals surface area contributed by atoms with Crippen molar-refractivity contribution in [1.29, 1.82) is 0 Å². The van der Waals surface area contributed by atoms with Gasteiger partial charge in [-0.2, -0.15) is 0 Å². The van der Waals surface area contributed by atoms with Crippen molar-refractivity contribution in [3.63, 3.8) is 0 Å². The lowest BCUT2D eigenvalue weighted by Gasteiger charge is -2.09. The Bertz CT molecular complexity index is 2820. The third-order valence-corrected chi connectivity index (χ3v) is 9.32. The van der Waals surface area contributed by atoms with Crippen LogP contribution in [0.3, 0.4) is 0 Å². The maximum atomic E-state index is 6.35. The maximum absolute atomic E-state index is 6.35. The summed E-state index contributed by atoms with van der Waals surface area (Å²) in [5.74, 6) is 1.78. The maximum Gasteiger partial charge on any atom is 0.164 e. The first-order chi connectivity index (χ1) is 25.2. The zero-order valence-electron chi connectivity index (χ0n) is 28.0. The van der Waals surface area contributed by atoms with E-state index in [2.05, 4.69) is 108 Å². The molecule has 0 atom stereocenters. The SMILES string of the molecule is C=CC=C(C=CC)c1nc(-c2ccccc2)nc(-c2ccc3oc4ccc(-c5ccc6c(c5)c5ccccc5n6-c5ccccc5)cc4c3c2)n1. The first-order valence-corrected chi connectivity index (χ1v) is 17.0. The van der Waals surface area contributed by atoms with Crippen LogP contribution in [0.4, 0.5) is 0 Å². The van der Waals surface area contributed by atoms with Gasteiger partial charge in [-0.05, 0) is 78.7 Å². The molecule has 0 aliphatic heterocycles. The number of hydrogen-bond acceptors (Lipinski definition) is 4. The zero-order chi connectivity index (χ0) is 34.3. The summed E-state index contributed by atoms with van der Waals surface area (Å²) in [5, 5.41) is 4.48. The number of allylic oxidation sites excluding steroid dienone is 5. The van der Waals surface area contributed by atoms with E-state index in [4.69, 9.17) is 19.4 Å². The molecule has 9 aromatic rings. The largest absolute Gasteiger partial charge is 0.456 e. The number of benzene rings is 6. The van der Waals surface area contributed by atoms with E-state index in [0.717, 1.165) is 55.5 Å². The third kappa shape index (κ3) is 5.32. The molecule has 51 heavy (non-hydrogen) atoms. The van der Waals surface area contributed by atoms with Gasteiger partial charge in [0.2, 0.25) is 0 Å². The molecule has 0 unspecified atom stereocenters. The second kappa shape index (κ2) is 12.6. The van der Waals surface area contributed by atoms with E-state index < -0.39 is 0 Å². The van der Waals surface area contributed by atoms with Gasteiger partial charge >= 0.3 is 0 Å². The van der Waals surface area contributed by atoms with Gasteiger partial charge in [0.15, 0.2) is 17.5 Å². The molecule has 0 aliphatic carbocycles. The van der Waals surface area contributed by atoms with Gasteiger partial charge in [0, 0.05) is 43.9 Å². The number of aromatic nitrogens is 4. The third-order valence-electron chi connectivity index (χ3n) is 9.32. The Balaban J connectivity index is 1.18. The summed E-state index contributed by atoms with van der Waals surface area (Å²) in [4.78, 5) is 14.8. The Hall–Kier alpha value is -6.85. The molecule has 0 radical (unpaired) electrons. The predicted molar refractivity (Wildman–Crippen MR) is 211 cm³/mol. The van der Waals surface area contributed by atoms with E-state index >= 15 is 0 Å². The average molecular weight is 657 g/mol. The van der Waals surface area contributed by atoms with Gasteiger partial charge in [0.05, 0.1) is 11.0 Å². The lowest BCUT2D eigenvalue weighted by molar-refractivity contribution is 0.669. The summed E-state index contributed by atoms with van der Waals surface area (Å²) >= 11 is 0. The van der Waals surface area contributed by atoms with E-state index in [1.807, 2.05) is 67.6 Å². The molecule has 0 amide bonds. The second-order valence-corrected chi connectivity index (χ2v) is 12.5. The lowest BCUT2D eigenvalue weighted by atomic mass is 10.00. The summed E-state index contributed by atoms with van der Waals surface area (Å²) in [6.07, 6.45) is 7.63. The van der Waals surface area contributed by atoms with Crippen molar-refractivity contribution >= 4 is 49.3 Å². The molecule has 3 aromatic heterocycles. The van der Waals surface area contributed by atoms with Gasteiger partial charge in [0.25, 0.3) is 0 Å². The van der Waals surface area contributed by atoms with Crippen LogP contribution in [0.2, 0.25) is 0 Å². The van der Waals surface area contributed by atoms with Crippen LogP contribution in [-0.2, 0) is 0 Å². The van der Waals surface area contributed by atoms with Crippen molar-refractivity contribution in [3.05, 3.63) is 176 Å². The van der Waals surface area contributed by atoms with Gasteiger partial charge in [0.1, 0.15) is 11.2 Å². The zero-order valence-corrected chi connectivity index (χ0v) is 28.0. The highest BCUT2D eigenvalue weighted by Gasteiger charge is 2.17.